The average molecular weight is 385 g/mol. The molecule has 0 saturated carbocycles. The van der Waals surface area contributed by atoms with Crippen LogP contribution in [0.5, 0.6) is 0 Å². The van der Waals surface area contributed by atoms with Gasteiger partial charge in [0.1, 0.15) is 0 Å². The molecule has 0 radical (unpaired) electrons. The van der Waals surface area contributed by atoms with Gasteiger partial charge in [-0.2, -0.15) is 4.68 Å². The fourth-order valence-corrected chi connectivity index (χ4v) is 4.45. The summed E-state index contributed by atoms with van der Waals surface area (Å²) in [4.78, 5) is 3.07. The number of hydrogen-bond acceptors (Lipinski definition) is 5. The van der Waals surface area contributed by atoms with Crippen LogP contribution in [0.2, 0.25) is 0 Å². The Bertz CT molecular complexity index is 1240. The molecular formula is C22H19N5S. The van der Waals surface area contributed by atoms with E-state index in [4.69, 9.17) is 15.9 Å². The Balaban J connectivity index is 1.68. The third-order valence-corrected chi connectivity index (χ3v) is 6.10. The minimum Gasteiger partial charge on any atom is -0.350 e. The Labute approximate surface area is 166 Å². The van der Waals surface area contributed by atoms with Crippen LogP contribution in [0.25, 0.3) is 10.8 Å². The van der Waals surface area contributed by atoms with E-state index in [2.05, 4.69) is 29.2 Å². The number of anilines is 1. The zero-order chi connectivity index (χ0) is 19.1. The first-order valence-electron chi connectivity index (χ1n) is 9.23. The zero-order valence-electron chi connectivity index (χ0n) is 15.2. The van der Waals surface area contributed by atoms with Crippen LogP contribution in [0.3, 0.4) is 0 Å². The number of aromatic nitrogens is 2. The standard InChI is InChI=1S/C22H19N5S/c23-20-17-8-3-4-9-18(17)22(25-27(20)21(24)19-10-5-13-28-19)26-12-11-15-6-1-2-7-16(15)14-26/h1-10,13,23-24H,11-12,14H2. The SMILES string of the molecule is N=C(c1cccs1)n1nc(N2CCc3ccccc3C2)c2ccccc2c1=N. The van der Waals surface area contributed by atoms with Gasteiger partial charge in [0.05, 0.1) is 4.88 Å². The normalized spacial score (nSPS) is 13.5. The summed E-state index contributed by atoms with van der Waals surface area (Å²) in [5.74, 6) is 1.08. The maximum absolute atomic E-state index is 8.65. The molecule has 0 unspecified atom stereocenters. The molecule has 2 aromatic carbocycles. The Morgan fingerprint density at radius 2 is 1.68 bits per heavy atom. The molecule has 2 N–H and O–H groups in total. The number of rotatable bonds is 2. The van der Waals surface area contributed by atoms with Crippen LogP contribution in [0.15, 0.2) is 66.0 Å². The average Bonchev–Trinajstić information content (AvgIpc) is 3.28. The quantitative estimate of drug-likeness (QED) is 0.404. The summed E-state index contributed by atoms with van der Waals surface area (Å²) in [6.07, 6.45) is 0.969. The van der Waals surface area contributed by atoms with E-state index in [9.17, 15) is 0 Å². The number of hydrogen-bond donors (Lipinski definition) is 2. The molecule has 0 atom stereocenters. The molecule has 2 aromatic heterocycles. The maximum Gasteiger partial charge on any atom is 0.165 e. The van der Waals surface area contributed by atoms with E-state index in [-0.39, 0.29) is 11.3 Å². The van der Waals surface area contributed by atoms with Gasteiger partial charge in [0, 0.05) is 23.9 Å². The fourth-order valence-electron chi connectivity index (χ4n) is 3.79. The number of fused-ring (bicyclic) bond motifs is 2. The lowest BCUT2D eigenvalue weighted by atomic mass is 9.99. The van der Waals surface area contributed by atoms with Gasteiger partial charge in [-0.05, 0) is 29.0 Å². The molecule has 0 fully saturated rings. The van der Waals surface area contributed by atoms with E-state index < -0.39 is 0 Å². The van der Waals surface area contributed by atoms with Crippen LogP contribution in [-0.4, -0.2) is 22.2 Å². The Morgan fingerprint density at radius 1 is 0.929 bits per heavy atom. The molecule has 5 nitrogen and oxygen atoms in total. The second-order valence-corrected chi connectivity index (χ2v) is 7.84. The molecule has 3 heterocycles. The minimum atomic E-state index is 0.240. The number of nitrogens with zero attached hydrogens (tertiary/aromatic N) is 3. The van der Waals surface area contributed by atoms with E-state index in [1.165, 1.54) is 27.1 Å². The summed E-state index contributed by atoms with van der Waals surface area (Å²) in [5, 5.41) is 25.8. The molecule has 1 aliphatic rings. The van der Waals surface area contributed by atoms with Crippen LogP contribution in [0.1, 0.15) is 16.0 Å². The molecule has 0 amide bonds. The van der Waals surface area contributed by atoms with Crippen molar-refractivity contribution < 1.29 is 0 Å². The van der Waals surface area contributed by atoms with Gasteiger partial charge in [-0.3, -0.25) is 10.8 Å². The van der Waals surface area contributed by atoms with Gasteiger partial charge >= 0.3 is 0 Å². The van der Waals surface area contributed by atoms with Crippen molar-refractivity contribution in [3.8, 4) is 0 Å². The number of thiophene rings is 1. The predicted octanol–water partition coefficient (Wildman–Crippen LogP) is 4.01. The Hall–Kier alpha value is -3.25. The highest BCUT2D eigenvalue weighted by molar-refractivity contribution is 7.12. The van der Waals surface area contributed by atoms with Crippen LogP contribution in [0, 0.1) is 10.8 Å². The molecule has 4 aromatic rings. The molecule has 0 bridgehead atoms. The zero-order valence-corrected chi connectivity index (χ0v) is 16.0. The monoisotopic (exact) mass is 385 g/mol. The lowest BCUT2D eigenvalue weighted by Crippen LogP contribution is -2.36. The first kappa shape index (κ1) is 16.9. The summed E-state index contributed by atoms with van der Waals surface area (Å²) in [5.41, 5.74) is 2.95. The molecule has 0 spiro atoms. The van der Waals surface area contributed by atoms with Gasteiger partial charge in [0.15, 0.2) is 17.1 Å². The van der Waals surface area contributed by atoms with Crippen molar-refractivity contribution in [3.63, 3.8) is 0 Å². The molecule has 138 valence electrons. The van der Waals surface area contributed by atoms with Gasteiger partial charge in [-0.25, -0.2) is 0 Å². The van der Waals surface area contributed by atoms with Crippen molar-refractivity contribution in [1.82, 2.24) is 9.78 Å². The summed E-state index contributed by atoms with van der Waals surface area (Å²) in [7, 11) is 0. The first-order valence-corrected chi connectivity index (χ1v) is 10.1. The van der Waals surface area contributed by atoms with Crippen molar-refractivity contribution in [2.24, 2.45) is 0 Å². The van der Waals surface area contributed by atoms with E-state index in [1.54, 1.807) is 0 Å². The molecule has 28 heavy (non-hydrogen) atoms. The third-order valence-electron chi connectivity index (χ3n) is 5.23. The summed E-state index contributed by atoms with van der Waals surface area (Å²) in [6, 6.07) is 20.2. The van der Waals surface area contributed by atoms with E-state index in [1.807, 2.05) is 41.8 Å². The fraction of sp³-hybridized carbons (Fsp3) is 0.136. The second kappa shape index (κ2) is 6.73. The van der Waals surface area contributed by atoms with Crippen molar-refractivity contribution >= 4 is 33.8 Å². The molecule has 1 aliphatic heterocycles. The van der Waals surface area contributed by atoms with Crippen LogP contribution in [-0.2, 0) is 13.0 Å². The molecular weight excluding hydrogens is 366 g/mol. The second-order valence-electron chi connectivity index (χ2n) is 6.90. The van der Waals surface area contributed by atoms with Gasteiger partial charge in [0.2, 0.25) is 0 Å². The Morgan fingerprint density at radius 3 is 2.46 bits per heavy atom. The summed E-state index contributed by atoms with van der Waals surface area (Å²) >= 11 is 1.49. The van der Waals surface area contributed by atoms with E-state index in [0.717, 1.165) is 41.0 Å². The van der Waals surface area contributed by atoms with Gasteiger partial charge in [0.25, 0.3) is 0 Å². The number of nitrogens with one attached hydrogen (secondary N) is 2. The van der Waals surface area contributed by atoms with Crippen LogP contribution < -0.4 is 10.4 Å². The van der Waals surface area contributed by atoms with Crippen molar-refractivity contribution in [2.75, 3.05) is 11.4 Å². The first-order chi connectivity index (χ1) is 13.7. The maximum atomic E-state index is 8.65. The van der Waals surface area contributed by atoms with Crippen molar-refractivity contribution in [1.29, 1.82) is 10.8 Å². The summed E-state index contributed by atoms with van der Waals surface area (Å²) in [6.45, 7) is 1.66. The lowest BCUT2D eigenvalue weighted by molar-refractivity contribution is 0.702. The highest BCUT2D eigenvalue weighted by atomic mass is 32.1. The van der Waals surface area contributed by atoms with Crippen molar-refractivity contribution in [3.05, 3.63) is 87.5 Å². The van der Waals surface area contributed by atoms with E-state index in [0.29, 0.717) is 0 Å². The predicted molar refractivity (Wildman–Crippen MR) is 113 cm³/mol. The molecule has 0 aliphatic carbocycles. The van der Waals surface area contributed by atoms with E-state index >= 15 is 0 Å². The van der Waals surface area contributed by atoms with Gasteiger partial charge < -0.3 is 4.90 Å². The lowest BCUT2D eigenvalue weighted by Gasteiger charge is -2.31. The highest BCUT2D eigenvalue weighted by Crippen LogP contribution is 2.28. The van der Waals surface area contributed by atoms with Crippen LogP contribution >= 0.6 is 11.3 Å². The smallest absolute Gasteiger partial charge is 0.165 e. The molecule has 5 rings (SSSR count). The summed E-state index contributed by atoms with van der Waals surface area (Å²) < 4.78 is 1.46. The molecule has 6 heteroatoms. The molecule has 0 saturated heterocycles. The number of benzene rings is 2. The van der Waals surface area contributed by atoms with Crippen LogP contribution in [0.4, 0.5) is 5.82 Å². The third kappa shape index (κ3) is 2.73. The largest absolute Gasteiger partial charge is 0.350 e. The topological polar surface area (TPSA) is 68.8 Å². The minimum absolute atomic E-state index is 0.240. The van der Waals surface area contributed by atoms with Gasteiger partial charge in [-0.15, -0.1) is 16.4 Å². The van der Waals surface area contributed by atoms with Gasteiger partial charge in [-0.1, -0.05) is 54.6 Å². The highest BCUT2D eigenvalue weighted by Gasteiger charge is 2.21. The van der Waals surface area contributed by atoms with Crippen molar-refractivity contribution in [2.45, 2.75) is 13.0 Å². The Kier molecular flexibility index (Phi) is 4.06.